The minimum atomic E-state index is -0.922. The number of rotatable bonds is 4. The fourth-order valence-electron chi connectivity index (χ4n) is 1.74. The predicted molar refractivity (Wildman–Crippen MR) is 70.3 cm³/mol. The molecule has 5 nitrogen and oxygen atoms in total. The van der Waals surface area contributed by atoms with Crippen molar-refractivity contribution in [1.29, 1.82) is 0 Å². The Labute approximate surface area is 115 Å². The van der Waals surface area contributed by atoms with E-state index in [0.29, 0.717) is 11.1 Å². The topological polar surface area (TPSA) is 75.1 Å². The molecule has 1 aromatic heterocycles. The third-order valence-electron chi connectivity index (χ3n) is 2.89. The van der Waals surface area contributed by atoms with Gasteiger partial charge in [0.25, 0.3) is 5.91 Å². The Morgan fingerprint density at radius 2 is 1.95 bits per heavy atom. The highest BCUT2D eigenvalue weighted by molar-refractivity contribution is 5.93. The van der Waals surface area contributed by atoms with Crippen molar-refractivity contribution < 1.29 is 14.3 Å². The van der Waals surface area contributed by atoms with Crippen LogP contribution >= 0.6 is 0 Å². The van der Waals surface area contributed by atoms with Gasteiger partial charge in [0, 0.05) is 0 Å². The SMILES string of the molecule is CC(NC(=O)c1ccnnc1)C(O)c1ccc(F)cc1. The zero-order valence-corrected chi connectivity index (χ0v) is 10.8. The first-order valence-corrected chi connectivity index (χ1v) is 6.09. The molecular formula is C14H14FN3O2. The molecule has 0 bridgehead atoms. The Bertz CT molecular complexity index is 575. The molecule has 2 N–H and O–H groups in total. The number of hydrogen-bond acceptors (Lipinski definition) is 4. The van der Waals surface area contributed by atoms with Gasteiger partial charge in [0.2, 0.25) is 0 Å². The summed E-state index contributed by atoms with van der Waals surface area (Å²) in [7, 11) is 0. The zero-order valence-electron chi connectivity index (χ0n) is 10.8. The van der Waals surface area contributed by atoms with E-state index >= 15 is 0 Å². The van der Waals surface area contributed by atoms with Crippen LogP contribution in [0.25, 0.3) is 0 Å². The number of halogens is 1. The maximum absolute atomic E-state index is 12.8. The van der Waals surface area contributed by atoms with Gasteiger partial charge in [0.15, 0.2) is 0 Å². The minimum absolute atomic E-state index is 0.353. The van der Waals surface area contributed by atoms with E-state index in [0.717, 1.165) is 0 Å². The number of carbonyl (C=O) groups is 1. The average molecular weight is 275 g/mol. The lowest BCUT2D eigenvalue weighted by atomic mass is 10.0. The van der Waals surface area contributed by atoms with Crippen molar-refractivity contribution in [1.82, 2.24) is 15.5 Å². The number of aromatic nitrogens is 2. The molecule has 0 saturated carbocycles. The monoisotopic (exact) mass is 275 g/mol. The lowest BCUT2D eigenvalue weighted by Gasteiger charge is -2.20. The quantitative estimate of drug-likeness (QED) is 0.886. The van der Waals surface area contributed by atoms with E-state index in [1.54, 1.807) is 6.92 Å². The van der Waals surface area contributed by atoms with Crippen LogP contribution in [0.1, 0.15) is 28.9 Å². The molecule has 0 fully saturated rings. The van der Waals surface area contributed by atoms with E-state index in [1.807, 2.05) is 0 Å². The zero-order chi connectivity index (χ0) is 14.5. The molecular weight excluding hydrogens is 261 g/mol. The molecule has 20 heavy (non-hydrogen) atoms. The lowest BCUT2D eigenvalue weighted by molar-refractivity contribution is 0.0851. The van der Waals surface area contributed by atoms with Gasteiger partial charge in [-0.25, -0.2) is 4.39 Å². The van der Waals surface area contributed by atoms with Gasteiger partial charge in [-0.15, -0.1) is 0 Å². The van der Waals surface area contributed by atoms with Crippen molar-refractivity contribution in [2.75, 3.05) is 0 Å². The van der Waals surface area contributed by atoms with E-state index in [4.69, 9.17) is 0 Å². The lowest BCUT2D eigenvalue weighted by Crippen LogP contribution is -2.37. The molecule has 1 heterocycles. The number of hydrogen-bond donors (Lipinski definition) is 2. The van der Waals surface area contributed by atoms with Crippen molar-refractivity contribution in [3.8, 4) is 0 Å². The number of nitrogens with one attached hydrogen (secondary N) is 1. The average Bonchev–Trinajstić information content (AvgIpc) is 2.48. The molecule has 2 rings (SSSR count). The largest absolute Gasteiger partial charge is 0.386 e. The molecule has 2 atom stereocenters. The Morgan fingerprint density at radius 3 is 2.55 bits per heavy atom. The molecule has 0 saturated heterocycles. The smallest absolute Gasteiger partial charge is 0.253 e. The van der Waals surface area contributed by atoms with Gasteiger partial charge in [0.1, 0.15) is 5.82 Å². The van der Waals surface area contributed by atoms with Gasteiger partial charge >= 0.3 is 0 Å². The van der Waals surface area contributed by atoms with Crippen molar-refractivity contribution in [2.45, 2.75) is 19.1 Å². The normalized spacial score (nSPS) is 13.6. The van der Waals surface area contributed by atoms with E-state index in [-0.39, 0.29) is 11.7 Å². The fraction of sp³-hybridized carbons (Fsp3) is 0.214. The molecule has 2 unspecified atom stereocenters. The Balaban J connectivity index is 2.02. The van der Waals surface area contributed by atoms with Crippen LogP contribution in [0.15, 0.2) is 42.7 Å². The van der Waals surface area contributed by atoms with Crippen molar-refractivity contribution >= 4 is 5.91 Å². The Kier molecular flexibility index (Phi) is 4.37. The third-order valence-corrected chi connectivity index (χ3v) is 2.89. The van der Waals surface area contributed by atoms with Crippen LogP contribution in [0.3, 0.4) is 0 Å². The summed E-state index contributed by atoms with van der Waals surface area (Å²) in [6.45, 7) is 1.67. The van der Waals surface area contributed by atoms with Crippen LogP contribution in [0, 0.1) is 5.82 Å². The van der Waals surface area contributed by atoms with Crippen molar-refractivity contribution in [3.05, 3.63) is 59.7 Å². The second kappa shape index (κ2) is 6.21. The second-order valence-electron chi connectivity index (χ2n) is 4.39. The van der Waals surface area contributed by atoms with Gasteiger partial charge in [-0.1, -0.05) is 12.1 Å². The number of benzene rings is 1. The molecule has 0 spiro atoms. The van der Waals surface area contributed by atoms with Crippen molar-refractivity contribution in [2.24, 2.45) is 0 Å². The maximum atomic E-state index is 12.8. The molecule has 0 radical (unpaired) electrons. The number of nitrogens with zero attached hydrogens (tertiary/aromatic N) is 2. The van der Waals surface area contributed by atoms with Crippen LogP contribution in [0.5, 0.6) is 0 Å². The molecule has 0 aliphatic heterocycles. The molecule has 104 valence electrons. The maximum Gasteiger partial charge on any atom is 0.253 e. The van der Waals surface area contributed by atoms with Crippen LogP contribution in [-0.2, 0) is 0 Å². The van der Waals surface area contributed by atoms with Crippen LogP contribution in [-0.4, -0.2) is 27.3 Å². The summed E-state index contributed by atoms with van der Waals surface area (Å²) in [5, 5.41) is 20.0. The van der Waals surface area contributed by atoms with Gasteiger partial charge in [0.05, 0.1) is 30.1 Å². The van der Waals surface area contributed by atoms with E-state index in [9.17, 15) is 14.3 Å². The summed E-state index contributed by atoms with van der Waals surface area (Å²) >= 11 is 0. The highest BCUT2D eigenvalue weighted by atomic mass is 19.1. The van der Waals surface area contributed by atoms with Gasteiger partial charge in [-0.2, -0.15) is 10.2 Å². The third kappa shape index (κ3) is 3.36. The Hall–Kier alpha value is -2.34. The summed E-state index contributed by atoms with van der Waals surface area (Å²) in [5.41, 5.74) is 0.894. The summed E-state index contributed by atoms with van der Waals surface area (Å²) < 4.78 is 12.8. The molecule has 2 aromatic rings. The molecule has 6 heteroatoms. The molecule has 0 aliphatic rings. The predicted octanol–water partition coefficient (Wildman–Crippen LogP) is 1.47. The minimum Gasteiger partial charge on any atom is -0.386 e. The van der Waals surface area contributed by atoms with Crippen LogP contribution in [0.2, 0.25) is 0 Å². The number of aliphatic hydroxyl groups is 1. The Morgan fingerprint density at radius 1 is 1.25 bits per heavy atom. The number of aliphatic hydroxyl groups excluding tert-OH is 1. The van der Waals surface area contributed by atoms with Crippen LogP contribution < -0.4 is 5.32 Å². The highest BCUT2D eigenvalue weighted by Crippen LogP contribution is 2.17. The molecule has 1 amide bonds. The first-order chi connectivity index (χ1) is 9.58. The standard InChI is InChI=1S/C14H14FN3O2/c1-9(13(19)10-2-4-12(15)5-3-10)18-14(20)11-6-7-16-17-8-11/h2-9,13,19H,1H3,(H,18,20). The van der Waals surface area contributed by atoms with Gasteiger partial charge in [-0.3, -0.25) is 4.79 Å². The summed E-state index contributed by atoms with van der Waals surface area (Å²) in [6, 6.07) is 6.49. The van der Waals surface area contributed by atoms with E-state index in [1.165, 1.54) is 42.7 Å². The number of amides is 1. The van der Waals surface area contributed by atoms with Crippen molar-refractivity contribution in [3.63, 3.8) is 0 Å². The summed E-state index contributed by atoms with van der Waals surface area (Å²) in [6.07, 6.45) is 1.83. The number of carbonyl (C=O) groups excluding carboxylic acids is 1. The first-order valence-electron chi connectivity index (χ1n) is 6.09. The second-order valence-corrected chi connectivity index (χ2v) is 4.39. The van der Waals surface area contributed by atoms with E-state index < -0.39 is 12.1 Å². The molecule has 0 aliphatic carbocycles. The van der Waals surface area contributed by atoms with Gasteiger partial charge in [-0.05, 0) is 30.7 Å². The first kappa shape index (κ1) is 14.1. The molecule has 1 aromatic carbocycles. The van der Waals surface area contributed by atoms with Crippen LogP contribution in [0.4, 0.5) is 4.39 Å². The summed E-state index contributed by atoms with van der Waals surface area (Å²) in [4.78, 5) is 11.9. The highest BCUT2D eigenvalue weighted by Gasteiger charge is 2.19. The summed E-state index contributed by atoms with van der Waals surface area (Å²) in [5.74, 6) is -0.728. The van der Waals surface area contributed by atoms with Gasteiger partial charge < -0.3 is 10.4 Å². The van der Waals surface area contributed by atoms with E-state index in [2.05, 4.69) is 15.5 Å². The fourth-order valence-corrected chi connectivity index (χ4v) is 1.74.